The minimum absolute atomic E-state index is 0.105. The van der Waals surface area contributed by atoms with Crippen molar-refractivity contribution in [3.63, 3.8) is 0 Å². The maximum absolute atomic E-state index is 12.1. The van der Waals surface area contributed by atoms with Gasteiger partial charge in [0.1, 0.15) is 0 Å². The molecule has 0 saturated carbocycles. The number of nitrogens with zero attached hydrogens (tertiary/aromatic N) is 3. The molecule has 0 bridgehead atoms. The summed E-state index contributed by atoms with van der Waals surface area (Å²) in [4.78, 5) is 12.1. The first-order chi connectivity index (χ1) is 11.5. The van der Waals surface area contributed by atoms with Gasteiger partial charge in [-0.2, -0.15) is 0 Å². The highest BCUT2D eigenvalue weighted by Crippen LogP contribution is 2.30. The zero-order valence-corrected chi connectivity index (χ0v) is 15.6. The number of benzene rings is 1. The minimum Gasteiger partial charge on any atom is -0.324 e. The molecule has 0 aliphatic rings. The molecule has 24 heavy (non-hydrogen) atoms. The standard InChI is InChI=1S/C14H8Cl4N4OS/c15-7-4-9(17)13-20-21-14(22(13)5-7)24-6-11(23)19-10-3-1-2-8(16)12(10)18/h1-5H,6H2,(H,19,23). The van der Waals surface area contributed by atoms with E-state index in [-0.39, 0.29) is 11.7 Å². The molecule has 10 heteroatoms. The fourth-order valence-electron chi connectivity index (χ4n) is 1.92. The Hall–Kier alpha value is -1.18. The zero-order chi connectivity index (χ0) is 17.3. The highest BCUT2D eigenvalue weighted by atomic mass is 35.5. The van der Waals surface area contributed by atoms with Gasteiger partial charge in [0.15, 0.2) is 10.8 Å². The van der Waals surface area contributed by atoms with Gasteiger partial charge >= 0.3 is 0 Å². The summed E-state index contributed by atoms with van der Waals surface area (Å²) in [5, 5.41) is 12.7. The number of rotatable bonds is 4. The summed E-state index contributed by atoms with van der Waals surface area (Å²) in [5.74, 6) is -0.151. The van der Waals surface area contributed by atoms with Crippen LogP contribution < -0.4 is 5.32 Å². The molecule has 0 saturated heterocycles. The lowest BCUT2D eigenvalue weighted by atomic mass is 10.3. The van der Waals surface area contributed by atoms with Crippen molar-refractivity contribution in [1.82, 2.24) is 14.6 Å². The van der Waals surface area contributed by atoms with Gasteiger partial charge in [0, 0.05) is 6.20 Å². The number of carbonyl (C=O) groups excluding carboxylic acids is 1. The quantitative estimate of drug-likeness (QED) is 0.597. The fourth-order valence-corrected chi connectivity index (χ4v) is 3.48. The normalized spacial score (nSPS) is 11.0. The zero-order valence-electron chi connectivity index (χ0n) is 11.8. The van der Waals surface area contributed by atoms with E-state index in [0.717, 1.165) is 0 Å². The van der Waals surface area contributed by atoms with E-state index in [2.05, 4.69) is 15.5 Å². The predicted molar refractivity (Wildman–Crippen MR) is 98.8 cm³/mol. The largest absolute Gasteiger partial charge is 0.324 e. The van der Waals surface area contributed by atoms with Gasteiger partial charge in [0.25, 0.3) is 0 Å². The Balaban J connectivity index is 1.72. The number of carbonyl (C=O) groups is 1. The summed E-state index contributed by atoms with van der Waals surface area (Å²) >= 11 is 25.2. The molecule has 124 valence electrons. The Morgan fingerprint density at radius 1 is 1.17 bits per heavy atom. The molecule has 0 unspecified atom stereocenters. The van der Waals surface area contributed by atoms with Crippen LogP contribution in [0.15, 0.2) is 35.6 Å². The van der Waals surface area contributed by atoms with Gasteiger partial charge in [-0.1, -0.05) is 64.2 Å². The predicted octanol–water partition coefficient (Wildman–Crippen LogP) is 5.07. The molecule has 3 aromatic rings. The minimum atomic E-state index is -0.256. The molecule has 3 rings (SSSR count). The number of amides is 1. The van der Waals surface area contributed by atoms with Crippen molar-refractivity contribution >= 4 is 75.4 Å². The number of pyridine rings is 1. The van der Waals surface area contributed by atoms with Gasteiger partial charge in [-0.3, -0.25) is 9.20 Å². The molecule has 2 heterocycles. The Morgan fingerprint density at radius 3 is 2.75 bits per heavy atom. The van der Waals surface area contributed by atoms with Crippen LogP contribution in [0.5, 0.6) is 0 Å². The van der Waals surface area contributed by atoms with Crippen LogP contribution in [0.3, 0.4) is 0 Å². The lowest BCUT2D eigenvalue weighted by Crippen LogP contribution is -2.14. The van der Waals surface area contributed by atoms with Crippen LogP contribution in [0.2, 0.25) is 20.1 Å². The van der Waals surface area contributed by atoms with Gasteiger partial charge < -0.3 is 5.32 Å². The summed E-state index contributed by atoms with van der Waals surface area (Å²) in [7, 11) is 0. The van der Waals surface area contributed by atoms with E-state index in [0.29, 0.717) is 36.6 Å². The molecule has 1 amide bonds. The number of thioether (sulfide) groups is 1. The Bertz CT molecular complexity index is 931. The van der Waals surface area contributed by atoms with Gasteiger partial charge in [-0.05, 0) is 18.2 Å². The Labute approximate surface area is 161 Å². The van der Waals surface area contributed by atoms with Crippen molar-refractivity contribution < 1.29 is 4.79 Å². The first-order valence-corrected chi connectivity index (χ1v) is 9.02. The fraction of sp³-hybridized carbons (Fsp3) is 0.0714. The summed E-state index contributed by atoms with van der Waals surface area (Å²) in [5.41, 5.74) is 0.925. The molecule has 0 radical (unpaired) electrons. The molecule has 5 nitrogen and oxygen atoms in total. The van der Waals surface area contributed by atoms with Crippen molar-refractivity contribution in [3.8, 4) is 0 Å². The summed E-state index contributed by atoms with van der Waals surface area (Å²) in [6.45, 7) is 0. The molecule has 0 aliphatic heterocycles. The second kappa shape index (κ2) is 7.37. The molecule has 0 atom stereocenters. The third-order valence-corrected chi connectivity index (χ3v) is 5.20. The summed E-state index contributed by atoms with van der Waals surface area (Å²) < 4.78 is 1.63. The third-order valence-electron chi connectivity index (χ3n) is 2.95. The van der Waals surface area contributed by atoms with Gasteiger partial charge in [-0.25, -0.2) is 0 Å². The van der Waals surface area contributed by atoms with Crippen LogP contribution in [0, 0.1) is 0 Å². The van der Waals surface area contributed by atoms with Gasteiger partial charge in [0.05, 0.1) is 31.5 Å². The second-order valence-electron chi connectivity index (χ2n) is 4.62. The van der Waals surface area contributed by atoms with Crippen molar-refractivity contribution in [2.45, 2.75) is 5.16 Å². The molecule has 0 aliphatic carbocycles. The van der Waals surface area contributed by atoms with E-state index in [1.54, 1.807) is 34.9 Å². The van der Waals surface area contributed by atoms with E-state index in [1.165, 1.54) is 11.8 Å². The van der Waals surface area contributed by atoms with E-state index >= 15 is 0 Å². The van der Waals surface area contributed by atoms with Crippen LogP contribution in [0.4, 0.5) is 5.69 Å². The molecular weight excluding hydrogens is 414 g/mol. The Morgan fingerprint density at radius 2 is 1.96 bits per heavy atom. The van der Waals surface area contributed by atoms with Crippen LogP contribution in [-0.2, 0) is 4.79 Å². The van der Waals surface area contributed by atoms with Crippen LogP contribution >= 0.6 is 58.2 Å². The molecular formula is C14H8Cl4N4OS. The van der Waals surface area contributed by atoms with Crippen LogP contribution in [-0.4, -0.2) is 26.3 Å². The van der Waals surface area contributed by atoms with E-state index in [4.69, 9.17) is 46.4 Å². The SMILES string of the molecule is O=C(CSc1nnc2c(Cl)cc(Cl)cn12)Nc1cccc(Cl)c1Cl. The second-order valence-corrected chi connectivity index (χ2v) is 7.19. The number of fused-ring (bicyclic) bond motifs is 1. The number of hydrogen-bond donors (Lipinski definition) is 1. The molecule has 2 aromatic heterocycles. The number of nitrogens with one attached hydrogen (secondary N) is 1. The molecule has 1 N–H and O–H groups in total. The maximum atomic E-state index is 12.1. The van der Waals surface area contributed by atoms with E-state index in [9.17, 15) is 4.79 Å². The van der Waals surface area contributed by atoms with Crippen molar-refractivity contribution in [3.05, 3.63) is 50.6 Å². The Kier molecular flexibility index (Phi) is 5.42. The smallest absolute Gasteiger partial charge is 0.234 e. The van der Waals surface area contributed by atoms with Crippen molar-refractivity contribution in [2.75, 3.05) is 11.1 Å². The average molecular weight is 422 g/mol. The number of anilines is 1. The molecule has 0 spiro atoms. The highest BCUT2D eigenvalue weighted by molar-refractivity contribution is 7.99. The average Bonchev–Trinajstić information content (AvgIpc) is 2.93. The van der Waals surface area contributed by atoms with Gasteiger partial charge in [0.2, 0.25) is 5.91 Å². The monoisotopic (exact) mass is 420 g/mol. The van der Waals surface area contributed by atoms with Crippen LogP contribution in [0.1, 0.15) is 0 Å². The highest BCUT2D eigenvalue weighted by Gasteiger charge is 2.13. The summed E-state index contributed by atoms with van der Waals surface area (Å²) in [6.07, 6.45) is 1.64. The van der Waals surface area contributed by atoms with E-state index in [1.807, 2.05) is 0 Å². The number of hydrogen-bond acceptors (Lipinski definition) is 4. The number of aromatic nitrogens is 3. The van der Waals surface area contributed by atoms with Crippen molar-refractivity contribution in [2.24, 2.45) is 0 Å². The molecule has 1 aromatic carbocycles. The maximum Gasteiger partial charge on any atom is 0.234 e. The lowest BCUT2D eigenvalue weighted by molar-refractivity contribution is -0.113. The number of halogens is 4. The first kappa shape index (κ1) is 17.6. The first-order valence-electron chi connectivity index (χ1n) is 6.52. The summed E-state index contributed by atoms with van der Waals surface area (Å²) in [6, 6.07) is 6.59. The van der Waals surface area contributed by atoms with Crippen molar-refractivity contribution in [1.29, 1.82) is 0 Å². The molecule has 0 fully saturated rings. The lowest BCUT2D eigenvalue weighted by Gasteiger charge is -2.07. The van der Waals surface area contributed by atoms with Gasteiger partial charge in [-0.15, -0.1) is 10.2 Å². The van der Waals surface area contributed by atoms with Crippen LogP contribution in [0.25, 0.3) is 5.65 Å². The third kappa shape index (κ3) is 3.73. The van der Waals surface area contributed by atoms with E-state index < -0.39 is 0 Å². The topological polar surface area (TPSA) is 59.3 Å².